The molecular formula is C19H25IN4O2S. The Morgan fingerprint density at radius 1 is 1.11 bits per heavy atom. The van der Waals surface area contributed by atoms with Gasteiger partial charge < -0.3 is 19.7 Å². The highest BCUT2D eigenvalue weighted by molar-refractivity contribution is 14.0. The number of hydrogen-bond acceptors (Lipinski definition) is 5. The Kier molecular flexibility index (Phi) is 7.20. The van der Waals surface area contributed by atoms with Crippen LogP contribution in [0.5, 0.6) is 11.5 Å². The van der Waals surface area contributed by atoms with E-state index in [0.29, 0.717) is 6.79 Å². The molecule has 1 N–H and O–H groups in total. The SMILES string of the molecule is CN=C(NCc1ccsc1)N1CCN(Cc2ccc3c(c2)OCO3)CC1.I. The van der Waals surface area contributed by atoms with Crippen LogP contribution in [0.25, 0.3) is 0 Å². The van der Waals surface area contributed by atoms with Gasteiger partial charge in [0.1, 0.15) is 0 Å². The van der Waals surface area contributed by atoms with Gasteiger partial charge in [-0.3, -0.25) is 9.89 Å². The van der Waals surface area contributed by atoms with Crippen LogP contribution in [-0.4, -0.2) is 55.8 Å². The van der Waals surface area contributed by atoms with Crippen LogP contribution in [0.2, 0.25) is 0 Å². The molecule has 146 valence electrons. The Bertz CT molecular complexity index is 761. The van der Waals surface area contributed by atoms with Crippen molar-refractivity contribution in [2.75, 3.05) is 40.0 Å². The lowest BCUT2D eigenvalue weighted by Crippen LogP contribution is -2.52. The van der Waals surface area contributed by atoms with Gasteiger partial charge in [0, 0.05) is 46.3 Å². The van der Waals surface area contributed by atoms with Crippen molar-refractivity contribution in [1.82, 2.24) is 15.1 Å². The molecule has 0 radical (unpaired) electrons. The Labute approximate surface area is 181 Å². The first kappa shape index (κ1) is 20.2. The number of benzene rings is 1. The second-order valence-corrected chi connectivity index (χ2v) is 7.26. The average molecular weight is 500 g/mol. The van der Waals surface area contributed by atoms with Gasteiger partial charge in [-0.05, 0) is 40.1 Å². The van der Waals surface area contributed by atoms with E-state index in [1.165, 1.54) is 11.1 Å². The molecule has 0 unspecified atom stereocenters. The maximum Gasteiger partial charge on any atom is 0.231 e. The van der Waals surface area contributed by atoms with Crippen molar-refractivity contribution in [3.63, 3.8) is 0 Å². The third-order valence-electron chi connectivity index (χ3n) is 4.76. The summed E-state index contributed by atoms with van der Waals surface area (Å²) < 4.78 is 10.9. The molecule has 2 aliphatic rings. The van der Waals surface area contributed by atoms with Gasteiger partial charge in [-0.1, -0.05) is 6.07 Å². The van der Waals surface area contributed by atoms with Crippen molar-refractivity contribution < 1.29 is 9.47 Å². The summed E-state index contributed by atoms with van der Waals surface area (Å²) in [6.45, 7) is 6.09. The summed E-state index contributed by atoms with van der Waals surface area (Å²) in [5.74, 6) is 2.69. The quantitative estimate of drug-likeness (QED) is 0.398. The number of piperazine rings is 1. The summed E-state index contributed by atoms with van der Waals surface area (Å²) in [7, 11) is 1.86. The van der Waals surface area contributed by atoms with Crippen LogP contribution >= 0.6 is 35.3 Å². The number of fused-ring (bicyclic) bond motifs is 1. The second-order valence-electron chi connectivity index (χ2n) is 6.48. The monoisotopic (exact) mass is 500 g/mol. The normalized spacial score (nSPS) is 16.9. The minimum Gasteiger partial charge on any atom is -0.454 e. The molecule has 0 saturated carbocycles. The molecular weight excluding hydrogens is 475 g/mol. The molecule has 0 aliphatic carbocycles. The number of nitrogens with one attached hydrogen (secondary N) is 1. The fraction of sp³-hybridized carbons (Fsp3) is 0.421. The van der Waals surface area contributed by atoms with Crippen molar-refractivity contribution in [3.05, 3.63) is 46.2 Å². The molecule has 2 aromatic rings. The van der Waals surface area contributed by atoms with Gasteiger partial charge in [-0.15, -0.1) is 24.0 Å². The highest BCUT2D eigenvalue weighted by Crippen LogP contribution is 2.32. The summed E-state index contributed by atoms with van der Waals surface area (Å²) in [6.07, 6.45) is 0. The van der Waals surface area contributed by atoms with Gasteiger partial charge in [0.15, 0.2) is 17.5 Å². The lowest BCUT2D eigenvalue weighted by molar-refractivity contribution is 0.171. The first-order valence-electron chi connectivity index (χ1n) is 8.89. The molecule has 2 aliphatic heterocycles. The van der Waals surface area contributed by atoms with Crippen LogP contribution in [0.4, 0.5) is 0 Å². The third-order valence-corrected chi connectivity index (χ3v) is 5.49. The van der Waals surface area contributed by atoms with E-state index in [1.54, 1.807) is 11.3 Å². The number of guanidine groups is 1. The lowest BCUT2D eigenvalue weighted by atomic mass is 10.1. The van der Waals surface area contributed by atoms with E-state index in [4.69, 9.17) is 9.47 Å². The molecule has 0 atom stereocenters. The van der Waals surface area contributed by atoms with Crippen LogP contribution < -0.4 is 14.8 Å². The molecule has 1 saturated heterocycles. The smallest absolute Gasteiger partial charge is 0.231 e. The number of nitrogens with zero attached hydrogens (tertiary/aromatic N) is 3. The Morgan fingerprint density at radius 3 is 2.67 bits per heavy atom. The molecule has 4 rings (SSSR count). The largest absolute Gasteiger partial charge is 0.454 e. The highest BCUT2D eigenvalue weighted by Gasteiger charge is 2.20. The Hall–Kier alpha value is -1.52. The zero-order valence-corrected chi connectivity index (χ0v) is 18.5. The van der Waals surface area contributed by atoms with Crippen molar-refractivity contribution in [2.45, 2.75) is 13.1 Å². The average Bonchev–Trinajstić information content (AvgIpc) is 3.34. The summed E-state index contributed by atoms with van der Waals surface area (Å²) in [5.41, 5.74) is 2.57. The van der Waals surface area contributed by atoms with Gasteiger partial charge in [0.05, 0.1) is 0 Å². The van der Waals surface area contributed by atoms with Gasteiger partial charge >= 0.3 is 0 Å². The number of halogens is 1. The van der Waals surface area contributed by atoms with Crippen molar-refractivity contribution in [3.8, 4) is 11.5 Å². The minimum absolute atomic E-state index is 0. The number of rotatable bonds is 4. The summed E-state index contributed by atoms with van der Waals surface area (Å²) in [5, 5.41) is 7.74. The van der Waals surface area contributed by atoms with Crippen LogP contribution in [0, 0.1) is 0 Å². The van der Waals surface area contributed by atoms with Gasteiger partial charge in [-0.25, -0.2) is 0 Å². The number of aliphatic imine (C=N–C) groups is 1. The molecule has 8 heteroatoms. The van der Waals surface area contributed by atoms with Gasteiger partial charge in [0.2, 0.25) is 6.79 Å². The van der Waals surface area contributed by atoms with Crippen LogP contribution in [-0.2, 0) is 13.1 Å². The molecule has 0 spiro atoms. The molecule has 6 nitrogen and oxygen atoms in total. The summed E-state index contributed by atoms with van der Waals surface area (Å²) in [4.78, 5) is 9.25. The first-order chi connectivity index (χ1) is 12.8. The fourth-order valence-electron chi connectivity index (χ4n) is 3.32. The van der Waals surface area contributed by atoms with E-state index < -0.39 is 0 Å². The van der Waals surface area contributed by atoms with Crippen molar-refractivity contribution in [2.24, 2.45) is 4.99 Å². The second kappa shape index (κ2) is 9.61. The van der Waals surface area contributed by atoms with E-state index in [0.717, 1.165) is 56.7 Å². The van der Waals surface area contributed by atoms with Crippen LogP contribution in [0.15, 0.2) is 40.0 Å². The molecule has 27 heavy (non-hydrogen) atoms. The van der Waals surface area contributed by atoms with E-state index >= 15 is 0 Å². The molecule has 1 aromatic heterocycles. The minimum atomic E-state index is 0. The number of thiophene rings is 1. The zero-order valence-electron chi connectivity index (χ0n) is 15.4. The number of ether oxygens (including phenoxy) is 2. The zero-order chi connectivity index (χ0) is 17.8. The predicted octanol–water partition coefficient (Wildman–Crippen LogP) is 2.99. The maximum atomic E-state index is 5.48. The predicted molar refractivity (Wildman–Crippen MR) is 119 cm³/mol. The number of hydrogen-bond donors (Lipinski definition) is 1. The van der Waals surface area contributed by atoms with Crippen molar-refractivity contribution in [1.29, 1.82) is 0 Å². The summed E-state index contributed by atoms with van der Waals surface area (Å²) in [6, 6.07) is 8.37. The van der Waals surface area contributed by atoms with E-state index in [9.17, 15) is 0 Å². The fourth-order valence-corrected chi connectivity index (χ4v) is 3.99. The van der Waals surface area contributed by atoms with Crippen LogP contribution in [0.3, 0.4) is 0 Å². The first-order valence-corrected chi connectivity index (χ1v) is 9.83. The van der Waals surface area contributed by atoms with Gasteiger partial charge in [-0.2, -0.15) is 11.3 Å². The summed E-state index contributed by atoms with van der Waals surface area (Å²) >= 11 is 1.73. The molecule has 0 bridgehead atoms. The maximum absolute atomic E-state index is 5.48. The van der Waals surface area contributed by atoms with Crippen LogP contribution in [0.1, 0.15) is 11.1 Å². The topological polar surface area (TPSA) is 49.3 Å². The standard InChI is InChI=1S/C19H24N4O2S.HI/c1-20-19(21-11-16-4-9-26-13-16)23-7-5-22(6-8-23)12-15-2-3-17-18(10-15)25-14-24-17;/h2-4,9-10,13H,5-8,11-12,14H2,1H3,(H,20,21);1H. The molecule has 0 amide bonds. The van der Waals surface area contributed by atoms with Crippen molar-refractivity contribution >= 4 is 41.3 Å². The Balaban J connectivity index is 0.00000210. The van der Waals surface area contributed by atoms with E-state index in [1.807, 2.05) is 13.1 Å². The van der Waals surface area contributed by atoms with E-state index in [-0.39, 0.29) is 24.0 Å². The lowest BCUT2D eigenvalue weighted by Gasteiger charge is -2.36. The highest BCUT2D eigenvalue weighted by atomic mass is 127. The third kappa shape index (κ3) is 5.05. The molecule has 1 fully saturated rings. The molecule has 1 aromatic carbocycles. The Morgan fingerprint density at radius 2 is 1.93 bits per heavy atom. The molecule has 3 heterocycles. The van der Waals surface area contributed by atoms with E-state index in [2.05, 4.69) is 49.1 Å². The van der Waals surface area contributed by atoms with Gasteiger partial charge in [0.25, 0.3) is 0 Å².